The lowest BCUT2D eigenvalue weighted by atomic mass is 9.82. The zero-order valence-electron chi connectivity index (χ0n) is 24.2. The van der Waals surface area contributed by atoms with Gasteiger partial charge in [-0.05, 0) is 57.3 Å². The maximum Gasteiger partial charge on any atom is 0.309 e. The lowest BCUT2D eigenvalue weighted by Crippen LogP contribution is -2.29. The van der Waals surface area contributed by atoms with Gasteiger partial charge >= 0.3 is 11.9 Å². The normalized spacial score (nSPS) is 18.9. The monoisotopic (exact) mass is 508 g/mol. The third kappa shape index (κ3) is 17.4. The summed E-state index contributed by atoms with van der Waals surface area (Å²) in [6.07, 6.45) is 26.8. The molecule has 1 rings (SSSR count). The Morgan fingerprint density at radius 3 is 1.44 bits per heavy atom. The number of ether oxygens (including phenoxy) is 1. The fourth-order valence-electron chi connectivity index (χ4n) is 5.59. The highest BCUT2D eigenvalue weighted by Gasteiger charge is 2.31. The molecule has 0 aromatic rings. The van der Waals surface area contributed by atoms with Crippen LogP contribution in [0.2, 0.25) is 0 Å². The molecule has 0 aromatic heterocycles. The van der Waals surface area contributed by atoms with Crippen molar-refractivity contribution < 1.29 is 19.4 Å². The van der Waals surface area contributed by atoms with Crippen molar-refractivity contribution in [2.24, 2.45) is 17.8 Å². The summed E-state index contributed by atoms with van der Waals surface area (Å²) >= 11 is 0. The highest BCUT2D eigenvalue weighted by molar-refractivity contribution is 5.74. The third-order valence-corrected chi connectivity index (χ3v) is 8.13. The number of hydrogen-bond donors (Lipinski definition) is 1. The molecule has 4 nitrogen and oxygen atoms in total. The Morgan fingerprint density at radius 1 is 0.639 bits per heavy atom. The van der Waals surface area contributed by atoms with E-state index in [9.17, 15) is 14.7 Å². The van der Waals surface area contributed by atoms with Crippen molar-refractivity contribution in [2.45, 2.75) is 175 Å². The van der Waals surface area contributed by atoms with E-state index in [1.165, 1.54) is 96.3 Å². The number of unbranched alkanes of at least 4 members (excludes halogenated alkanes) is 14. The van der Waals surface area contributed by atoms with E-state index in [2.05, 4.69) is 20.8 Å². The molecule has 0 heterocycles. The molecule has 0 saturated heterocycles. The van der Waals surface area contributed by atoms with Gasteiger partial charge in [0.2, 0.25) is 0 Å². The van der Waals surface area contributed by atoms with E-state index >= 15 is 0 Å². The van der Waals surface area contributed by atoms with Crippen LogP contribution in [0.4, 0.5) is 0 Å². The fraction of sp³-hybridized carbons (Fsp3) is 0.938. The Balaban J connectivity index is 2.28. The molecule has 0 amide bonds. The number of hydrogen-bond acceptors (Lipinski definition) is 3. The third-order valence-electron chi connectivity index (χ3n) is 8.13. The molecule has 1 aliphatic carbocycles. The smallest absolute Gasteiger partial charge is 0.309 e. The van der Waals surface area contributed by atoms with Crippen LogP contribution in [0.3, 0.4) is 0 Å². The first-order chi connectivity index (χ1) is 17.4. The van der Waals surface area contributed by atoms with E-state index in [4.69, 9.17) is 4.74 Å². The van der Waals surface area contributed by atoms with Gasteiger partial charge in [-0.2, -0.15) is 0 Å². The van der Waals surface area contributed by atoms with Crippen LogP contribution in [0.5, 0.6) is 0 Å². The second-order valence-electron chi connectivity index (χ2n) is 12.0. The molecule has 0 radical (unpaired) electrons. The number of esters is 1. The molecular formula is C32H60O4. The number of carboxylic acids is 1. The second-order valence-corrected chi connectivity index (χ2v) is 12.0. The van der Waals surface area contributed by atoms with E-state index in [-0.39, 0.29) is 23.9 Å². The van der Waals surface area contributed by atoms with Gasteiger partial charge in [0.25, 0.3) is 0 Å². The molecule has 0 bridgehead atoms. The van der Waals surface area contributed by atoms with E-state index in [1.54, 1.807) is 0 Å². The number of rotatable bonds is 23. The summed E-state index contributed by atoms with van der Waals surface area (Å²) in [7, 11) is 0. The van der Waals surface area contributed by atoms with Gasteiger partial charge in [0.15, 0.2) is 0 Å². The predicted molar refractivity (Wildman–Crippen MR) is 151 cm³/mol. The summed E-state index contributed by atoms with van der Waals surface area (Å²) in [6.45, 7) is 6.88. The Labute approximate surface area is 223 Å². The quantitative estimate of drug-likeness (QED) is 0.110. The molecule has 36 heavy (non-hydrogen) atoms. The van der Waals surface area contributed by atoms with Crippen LogP contribution in [0.15, 0.2) is 0 Å². The van der Waals surface area contributed by atoms with Crippen molar-refractivity contribution in [1.29, 1.82) is 0 Å². The Morgan fingerprint density at radius 2 is 1.03 bits per heavy atom. The van der Waals surface area contributed by atoms with Crippen LogP contribution >= 0.6 is 0 Å². The lowest BCUT2D eigenvalue weighted by molar-refractivity contribution is -0.158. The standard InChI is InChI=1S/C32H60O4/c1-4-5-6-7-8-12-15-18-21-30(22-19-16-13-10-9-11-14-17-20-27(2)3)36-32(35)29-25-23-28(24-26-29)31(33)34/h27-30H,4-26H2,1-3H3,(H,33,34). The molecule has 1 atom stereocenters. The van der Waals surface area contributed by atoms with Crippen molar-refractivity contribution >= 4 is 11.9 Å². The van der Waals surface area contributed by atoms with Gasteiger partial charge in [-0.25, -0.2) is 0 Å². The van der Waals surface area contributed by atoms with Gasteiger partial charge < -0.3 is 9.84 Å². The molecule has 1 aliphatic rings. The van der Waals surface area contributed by atoms with Gasteiger partial charge in [-0.3, -0.25) is 9.59 Å². The Hall–Kier alpha value is -1.06. The summed E-state index contributed by atoms with van der Waals surface area (Å²) < 4.78 is 6.05. The molecule has 1 fully saturated rings. The molecular weight excluding hydrogens is 448 g/mol. The van der Waals surface area contributed by atoms with Gasteiger partial charge in [0, 0.05) is 0 Å². The summed E-state index contributed by atoms with van der Waals surface area (Å²) in [5.41, 5.74) is 0. The van der Waals surface area contributed by atoms with E-state index in [0.29, 0.717) is 25.7 Å². The Bertz CT molecular complexity index is 536. The summed E-state index contributed by atoms with van der Waals surface area (Å²) in [5, 5.41) is 9.23. The summed E-state index contributed by atoms with van der Waals surface area (Å²) in [5.74, 6) is -0.331. The Kier molecular flexibility index (Phi) is 20.1. The maximum absolute atomic E-state index is 12.9. The van der Waals surface area contributed by atoms with Gasteiger partial charge in [0.05, 0.1) is 11.8 Å². The van der Waals surface area contributed by atoms with Gasteiger partial charge in [-0.15, -0.1) is 0 Å². The topological polar surface area (TPSA) is 63.6 Å². The van der Waals surface area contributed by atoms with E-state index in [0.717, 1.165) is 31.6 Å². The number of carbonyl (C=O) groups excluding carboxylic acids is 1. The maximum atomic E-state index is 12.9. The van der Waals surface area contributed by atoms with Crippen LogP contribution in [0.25, 0.3) is 0 Å². The molecule has 0 spiro atoms. The van der Waals surface area contributed by atoms with E-state index < -0.39 is 5.97 Å². The highest BCUT2D eigenvalue weighted by Crippen LogP contribution is 2.30. The molecule has 212 valence electrons. The van der Waals surface area contributed by atoms with Gasteiger partial charge in [-0.1, -0.05) is 117 Å². The minimum atomic E-state index is -0.718. The second kappa shape index (κ2) is 22.0. The minimum absolute atomic E-state index is 0.0471. The molecule has 1 saturated carbocycles. The van der Waals surface area contributed by atoms with Gasteiger partial charge in [0.1, 0.15) is 6.10 Å². The molecule has 4 heteroatoms. The van der Waals surface area contributed by atoms with Crippen LogP contribution in [-0.2, 0) is 14.3 Å². The van der Waals surface area contributed by atoms with Crippen LogP contribution in [-0.4, -0.2) is 23.1 Å². The summed E-state index contributed by atoms with van der Waals surface area (Å²) in [6, 6.07) is 0. The van der Waals surface area contributed by atoms with E-state index in [1.807, 2.05) is 0 Å². The van der Waals surface area contributed by atoms with Crippen molar-refractivity contribution in [2.75, 3.05) is 0 Å². The summed E-state index contributed by atoms with van der Waals surface area (Å²) in [4.78, 5) is 24.1. The first-order valence-corrected chi connectivity index (χ1v) is 15.9. The fourth-order valence-corrected chi connectivity index (χ4v) is 5.59. The van der Waals surface area contributed by atoms with Crippen molar-refractivity contribution in [1.82, 2.24) is 0 Å². The van der Waals surface area contributed by atoms with Crippen molar-refractivity contribution in [3.63, 3.8) is 0 Å². The highest BCUT2D eigenvalue weighted by atomic mass is 16.5. The minimum Gasteiger partial charge on any atom is -0.481 e. The number of aliphatic carboxylic acids is 1. The zero-order valence-corrected chi connectivity index (χ0v) is 24.2. The first-order valence-electron chi connectivity index (χ1n) is 15.9. The van der Waals surface area contributed by atoms with Crippen molar-refractivity contribution in [3.05, 3.63) is 0 Å². The lowest BCUT2D eigenvalue weighted by Gasteiger charge is -2.27. The largest absolute Gasteiger partial charge is 0.481 e. The van der Waals surface area contributed by atoms with Crippen LogP contribution in [0, 0.1) is 17.8 Å². The average Bonchev–Trinajstić information content (AvgIpc) is 2.86. The predicted octanol–water partition coefficient (Wildman–Crippen LogP) is 9.88. The molecule has 0 aliphatic heterocycles. The first kappa shape index (κ1) is 33.0. The SMILES string of the molecule is CCCCCCCCCCC(CCCCCCCCCCC(C)C)OC(=O)C1CCC(C(=O)O)CC1. The molecule has 1 N–H and O–H groups in total. The molecule has 0 aromatic carbocycles. The number of carboxylic acid groups (broad SMARTS) is 1. The van der Waals surface area contributed by atoms with Crippen molar-refractivity contribution in [3.8, 4) is 0 Å². The van der Waals surface area contributed by atoms with Crippen LogP contribution in [0.1, 0.15) is 168 Å². The zero-order chi connectivity index (χ0) is 26.4. The molecule has 1 unspecified atom stereocenters. The number of carbonyl (C=O) groups is 2. The van der Waals surface area contributed by atoms with Crippen LogP contribution < -0.4 is 0 Å². The average molecular weight is 509 g/mol.